The summed E-state index contributed by atoms with van der Waals surface area (Å²) in [5.74, 6) is -0.143. The molecule has 0 spiro atoms. The number of carbonyl (C=O) groups is 1. The standard InChI is InChI=1S/C18H11N3O/c19-9-11-5-6-14-15(18(22)21-17(14)7-11)8-12-10-20-16-4-2-1-3-13(12)16/h1-8,10,20H,(H,21,22). The average Bonchev–Trinajstić information content (AvgIpc) is 3.09. The first-order valence-electron chi connectivity index (χ1n) is 6.90. The molecule has 0 bridgehead atoms. The highest BCUT2D eigenvalue weighted by atomic mass is 16.2. The lowest BCUT2D eigenvalue weighted by Gasteiger charge is -1.98. The van der Waals surface area contributed by atoms with Crippen LogP contribution in [0.25, 0.3) is 22.6 Å². The van der Waals surface area contributed by atoms with Crippen LogP contribution in [0.1, 0.15) is 16.7 Å². The van der Waals surface area contributed by atoms with E-state index in [1.165, 1.54) is 0 Å². The van der Waals surface area contributed by atoms with Gasteiger partial charge in [-0.05, 0) is 24.3 Å². The van der Waals surface area contributed by atoms with E-state index in [1.54, 1.807) is 12.1 Å². The summed E-state index contributed by atoms with van der Waals surface area (Å²) in [5, 5.41) is 12.8. The van der Waals surface area contributed by atoms with Crippen molar-refractivity contribution in [2.45, 2.75) is 0 Å². The number of H-pyrrole nitrogens is 1. The molecule has 2 aromatic carbocycles. The van der Waals surface area contributed by atoms with Crippen molar-refractivity contribution in [3.8, 4) is 6.07 Å². The van der Waals surface area contributed by atoms with E-state index in [2.05, 4.69) is 16.4 Å². The van der Waals surface area contributed by atoms with Gasteiger partial charge in [-0.2, -0.15) is 5.26 Å². The third-order valence-electron chi connectivity index (χ3n) is 3.85. The van der Waals surface area contributed by atoms with Crippen LogP contribution in [0, 0.1) is 11.3 Å². The number of anilines is 1. The van der Waals surface area contributed by atoms with E-state index < -0.39 is 0 Å². The molecule has 104 valence electrons. The fourth-order valence-corrected chi connectivity index (χ4v) is 2.78. The zero-order chi connectivity index (χ0) is 15.1. The van der Waals surface area contributed by atoms with Crippen LogP contribution in [0.4, 0.5) is 5.69 Å². The maximum absolute atomic E-state index is 12.2. The van der Waals surface area contributed by atoms with Gasteiger partial charge in [-0.1, -0.05) is 24.3 Å². The largest absolute Gasteiger partial charge is 0.361 e. The van der Waals surface area contributed by atoms with Gasteiger partial charge < -0.3 is 10.3 Å². The quantitative estimate of drug-likeness (QED) is 0.671. The number of fused-ring (bicyclic) bond motifs is 2. The van der Waals surface area contributed by atoms with E-state index in [9.17, 15) is 4.79 Å². The summed E-state index contributed by atoms with van der Waals surface area (Å²) < 4.78 is 0. The Bertz CT molecular complexity index is 989. The van der Waals surface area contributed by atoms with Gasteiger partial charge >= 0.3 is 0 Å². The van der Waals surface area contributed by atoms with Gasteiger partial charge in [0.25, 0.3) is 5.91 Å². The number of amides is 1. The molecular weight excluding hydrogens is 274 g/mol. The summed E-state index contributed by atoms with van der Waals surface area (Å²) in [5.41, 5.74) is 4.67. The van der Waals surface area contributed by atoms with Crippen molar-refractivity contribution in [3.63, 3.8) is 0 Å². The van der Waals surface area contributed by atoms with Crippen LogP contribution < -0.4 is 5.32 Å². The Kier molecular flexibility index (Phi) is 2.60. The van der Waals surface area contributed by atoms with E-state index in [1.807, 2.05) is 42.6 Å². The van der Waals surface area contributed by atoms with E-state index >= 15 is 0 Å². The number of hydrogen-bond acceptors (Lipinski definition) is 2. The molecule has 1 aromatic heterocycles. The topological polar surface area (TPSA) is 68.7 Å². The average molecular weight is 285 g/mol. The van der Waals surface area contributed by atoms with Crippen molar-refractivity contribution in [3.05, 3.63) is 65.4 Å². The molecule has 22 heavy (non-hydrogen) atoms. The summed E-state index contributed by atoms with van der Waals surface area (Å²) in [6.45, 7) is 0. The maximum Gasteiger partial charge on any atom is 0.256 e. The van der Waals surface area contributed by atoms with Crippen molar-refractivity contribution in [2.75, 3.05) is 5.32 Å². The molecule has 0 atom stereocenters. The zero-order valence-electron chi connectivity index (χ0n) is 11.6. The molecule has 2 N–H and O–H groups in total. The number of nitriles is 1. The summed E-state index contributed by atoms with van der Waals surface area (Å²) >= 11 is 0. The number of aromatic amines is 1. The van der Waals surface area contributed by atoms with E-state index in [4.69, 9.17) is 5.26 Å². The van der Waals surface area contributed by atoms with Gasteiger partial charge in [0.05, 0.1) is 17.3 Å². The monoisotopic (exact) mass is 285 g/mol. The fourth-order valence-electron chi connectivity index (χ4n) is 2.78. The first-order valence-corrected chi connectivity index (χ1v) is 6.90. The second-order valence-corrected chi connectivity index (χ2v) is 5.17. The van der Waals surface area contributed by atoms with Gasteiger partial charge in [-0.3, -0.25) is 4.79 Å². The second kappa shape index (κ2) is 4.61. The van der Waals surface area contributed by atoms with Crippen LogP contribution in [0.3, 0.4) is 0 Å². The minimum atomic E-state index is -0.143. The number of para-hydroxylation sites is 1. The molecule has 4 heteroatoms. The van der Waals surface area contributed by atoms with Crippen molar-refractivity contribution in [1.82, 2.24) is 4.98 Å². The lowest BCUT2D eigenvalue weighted by Crippen LogP contribution is -2.03. The van der Waals surface area contributed by atoms with Crippen molar-refractivity contribution in [2.24, 2.45) is 0 Å². The molecule has 1 aliphatic rings. The van der Waals surface area contributed by atoms with Crippen molar-refractivity contribution >= 4 is 34.1 Å². The molecule has 0 saturated carbocycles. The molecule has 1 amide bonds. The Hall–Kier alpha value is -3.32. The van der Waals surface area contributed by atoms with Crippen LogP contribution in [-0.2, 0) is 4.79 Å². The molecule has 0 saturated heterocycles. The van der Waals surface area contributed by atoms with Crippen LogP contribution in [-0.4, -0.2) is 10.9 Å². The molecule has 0 aliphatic carbocycles. The fraction of sp³-hybridized carbons (Fsp3) is 0. The highest BCUT2D eigenvalue weighted by Gasteiger charge is 2.24. The number of hydrogen-bond donors (Lipinski definition) is 2. The minimum absolute atomic E-state index is 0.143. The number of rotatable bonds is 1. The van der Waals surface area contributed by atoms with E-state index in [-0.39, 0.29) is 5.91 Å². The third-order valence-corrected chi connectivity index (χ3v) is 3.85. The molecule has 2 heterocycles. The van der Waals surface area contributed by atoms with Crippen LogP contribution >= 0.6 is 0 Å². The molecule has 3 aromatic rings. The van der Waals surface area contributed by atoms with Gasteiger partial charge in [0.15, 0.2) is 0 Å². The highest BCUT2D eigenvalue weighted by Crippen LogP contribution is 2.34. The number of nitrogens with one attached hydrogen (secondary N) is 2. The first-order chi connectivity index (χ1) is 10.8. The van der Waals surface area contributed by atoms with Crippen molar-refractivity contribution < 1.29 is 4.79 Å². The van der Waals surface area contributed by atoms with Gasteiger partial charge in [0, 0.05) is 33.8 Å². The Balaban J connectivity index is 1.87. The van der Waals surface area contributed by atoms with Gasteiger partial charge in [-0.15, -0.1) is 0 Å². The maximum atomic E-state index is 12.2. The molecule has 4 rings (SSSR count). The van der Waals surface area contributed by atoms with Crippen LogP contribution in [0.2, 0.25) is 0 Å². The highest BCUT2D eigenvalue weighted by molar-refractivity contribution is 6.35. The van der Waals surface area contributed by atoms with Crippen LogP contribution in [0.15, 0.2) is 48.7 Å². The predicted molar refractivity (Wildman–Crippen MR) is 86.0 cm³/mol. The second-order valence-electron chi connectivity index (χ2n) is 5.17. The number of nitrogens with zero attached hydrogens (tertiary/aromatic N) is 1. The molecule has 0 fully saturated rings. The van der Waals surface area contributed by atoms with Gasteiger partial charge in [-0.25, -0.2) is 0 Å². The smallest absolute Gasteiger partial charge is 0.256 e. The summed E-state index contributed by atoms with van der Waals surface area (Å²) in [7, 11) is 0. The number of carbonyl (C=O) groups excluding carboxylic acids is 1. The Morgan fingerprint density at radius 1 is 1.14 bits per heavy atom. The molecule has 4 nitrogen and oxygen atoms in total. The Morgan fingerprint density at radius 3 is 2.86 bits per heavy atom. The van der Waals surface area contributed by atoms with E-state index in [0.717, 1.165) is 22.0 Å². The van der Waals surface area contributed by atoms with Gasteiger partial charge in [0.2, 0.25) is 0 Å². The Morgan fingerprint density at radius 2 is 2.00 bits per heavy atom. The van der Waals surface area contributed by atoms with Gasteiger partial charge in [0.1, 0.15) is 0 Å². The summed E-state index contributed by atoms with van der Waals surface area (Å²) in [6, 6.07) is 15.3. The van der Waals surface area contributed by atoms with Crippen molar-refractivity contribution in [1.29, 1.82) is 5.26 Å². The minimum Gasteiger partial charge on any atom is -0.361 e. The molecule has 1 aliphatic heterocycles. The molecule has 0 unspecified atom stereocenters. The lowest BCUT2D eigenvalue weighted by molar-refractivity contribution is -0.110. The SMILES string of the molecule is N#Cc1ccc2c(c1)NC(=O)C2=Cc1c[nH]c2ccccc12. The molecular formula is C18H11N3O. The normalized spacial score (nSPS) is 14.9. The first kappa shape index (κ1) is 12.4. The summed E-state index contributed by atoms with van der Waals surface area (Å²) in [6.07, 6.45) is 3.78. The third kappa shape index (κ3) is 1.80. The number of benzene rings is 2. The lowest BCUT2D eigenvalue weighted by atomic mass is 10.0. The van der Waals surface area contributed by atoms with E-state index in [0.29, 0.717) is 16.8 Å². The summed E-state index contributed by atoms with van der Waals surface area (Å²) in [4.78, 5) is 15.4. The molecule has 0 radical (unpaired) electrons. The predicted octanol–water partition coefficient (Wildman–Crippen LogP) is 3.53. The zero-order valence-corrected chi connectivity index (χ0v) is 11.6. The number of aromatic nitrogens is 1. The Labute approximate surface area is 126 Å². The van der Waals surface area contributed by atoms with Crippen LogP contribution in [0.5, 0.6) is 0 Å².